The zero-order chi connectivity index (χ0) is 11.1. The van der Waals surface area contributed by atoms with Crippen molar-refractivity contribution in [2.75, 3.05) is 12.4 Å². The molecule has 0 bridgehead atoms. The second kappa shape index (κ2) is 6.47. The molecule has 0 amide bonds. The van der Waals surface area contributed by atoms with Gasteiger partial charge in [0, 0.05) is 12.7 Å². The fourth-order valence-corrected chi connectivity index (χ4v) is 1.48. The van der Waals surface area contributed by atoms with Gasteiger partial charge in [-0.15, -0.1) is 0 Å². The third kappa shape index (κ3) is 3.41. The van der Waals surface area contributed by atoms with Gasteiger partial charge in [-0.05, 0) is 36.1 Å². The van der Waals surface area contributed by atoms with Crippen LogP contribution in [0, 0.1) is 6.92 Å². The van der Waals surface area contributed by atoms with Crippen LogP contribution in [0.1, 0.15) is 44.7 Å². The highest BCUT2D eigenvalue weighted by Gasteiger charge is 2.02. The van der Waals surface area contributed by atoms with E-state index in [2.05, 4.69) is 44.3 Å². The first-order valence-corrected chi connectivity index (χ1v) is 5.43. The molecule has 1 aromatic carbocycles. The van der Waals surface area contributed by atoms with Gasteiger partial charge in [-0.25, -0.2) is 0 Å². The van der Waals surface area contributed by atoms with Crippen molar-refractivity contribution in [3.63, 3.8) is 0 Å². The van der Waals surface area contributed by atoms with E-state index in [0.29, 0.717) is 5.92 Å². The molecule has 0 atom stereocenters. The Kier molecular flexibility index (Phi) is 6.02. The Bertz CT molecular complexity index is 264. The highest BCUT2D eigenvalue weighted by atomic mass is 14.8. The maximum absolute atomic E-state index is 3.13. The Balaban J connectivity index is 0.000000791. The van der Waals surface area contributed by atoms with Gasteiger partial charge in [0.15, 0.2) is 0 Å². The zero-order valence-corrected chi connectivity index (χ0v) is 10.3. The average molecular weight is 193 g/mol. The second-order valence-corrected chi connectivity index (χ2v) is 3.48. The van der Waals surface area contributed by atoms with Crippen LogP contribution in [-0.4, -0.2) is 7.05 Å². The molecule has 0 radical (unpaired) electrons. The lowest BCUT2D eigenvalue weighted by atomic mass is 9.98. The monoisotopic (exact) mass is 193 g/mol. The largest absolute Gasteiger partial charge is 0.388 e. The maximum Gasteiger partial charge on any atom is 0.0340 e. The topological polar surface area (TPSA) is 12.0 Å². The number of hydrogen-bond acceptors (Lipinski definition) is 1. The summed E-state index contributed by atoms with van der Waals surface area (Å²) in [6.45, 7) is 10.6. The van der Waals surface area contributed by atoms with Crippen molar-refractivity contribution >= 4 is 5.69 Å². The van der Waals surface area contributed by atoms with Crippen LogP contribution in [0.3, 0.4) is 0 Å². The van der Waals surface area contributed by atoms with Gasteiger partial charge in [0.05, 0.1) is 0 Å². The zero-order valence-electron chi connectivity index (χ0n) is 10.3. The molecule has 0 aliphatic carbocycles. The van der Waals surface area contributed by atoms with E-state index in [1.54, 1.807) is 0 Å². The highest BCUT2D eigenvalue weighted by molar-refractivity contribution is 5.48. The summed E-state index contributed by atoms with van der Waals surface area (Å²) in [5.41, 5.74) is 4.00. The predicted octanol–water partition coefficient (Wildman–Crippen LogP) is 4.19. The molecule has 0 saturated carbocycles. The summed E-state index contributed by atoms with van der Waals surface area (Å²) in [4.78, 5) is 0. The van der Waals surface area contributed by atoms with Gasteiger partial charge >= 0.3 is 0 Å². The minimum absolute atomic E-state index is 0.621. The lowest BCUT2D eigenvalue weighted by molar-refractivity contribution is 0.857. The molecule has 0 fully saturated rings. The van der Waals surface area contributed by atoms with E-state index in [4.69, 9.17) is 0 Å². The molecule has 1 N–H and O–H groups in total. The van der Waals surface area contributed by atoms with Crippen molar-refractivity contribution in [3.8, 4) is 0 Å². The number of hydrogen-bond donors (Lipinski definition) is 1. The molecule has 0 heterocycles. The quantitative estimate of drug-likeness (QED) is 0.742. The molecule has 0 aromatic heterocycles. The molecular formula is C13H23N. The summed E-state index contributed by atoms with van der Waals surface area (Å²) in [5.74, 6) is 0.621. The van der Waals surface area contributed by atoms with Crippen LogP contribution in [0.2, 0.25) is 0 Å². The first-order valence-electron chi connectivity index (χ1n) is 5.43. The summed E-state index contributed by atoms with van der Waals surface area (Å²) in [7, 11) is 1.95. The summed E-state index contributed by atoms with van der Waals surface area (Å²) in [6, 6.07) is 6.52. The maximum atomic E-state index is 3.13. The molecule has 0 unspecified atom stereocenters. The molecule has 80 valence electrons. The van der Waals surface area contributed by atoms with E-state index >= 15 is 0 Å². The van der Waals surface area contributed by atoms with Crippen molar-refractivity contribution in [2.24, 2.45) is 0 Å². The van der Waals surface area contributed by atoms with E-state index in [0.717, 1.165) is 0 Å². The van der Waals surface area contributed by atoms with Crippen LogP contribution in [-0.2, 0) is 0 Å². The predicted molar refractivity (Wildman–Crippen MR) is 66.2 cm³/mol. The van der Waals surface area contributed by atoms with Crippen molar-refractivity contribution in [3.05, 3.63) is 29.3 Å². The van der Waals surface area contributed by atoms with Crippen LogP contribution in [0.15, 0.2) is 18.2 Å². The second-order valence-electron chi connectivity index (χ2n) is 3.48. The summed E-state index contributed by atoms with van der Waals surface area (Å²) >= 11 is 0. The molecule has 1 aromatic rings. The Morgan fingerprint density at radius 2 is 1.71 bits per heavy atom. The number of anilines is 1. The number of nitrogens with one attached hydrogen (secondary N) is 1. The summed E-state index contributed by atoms with van der Waals surface area (Å²) < 4.78 is 0. The van der Waals surface area contributed by atoms with Crippen LogP contribution >= 0.6 is 0 Å². The first-order chi connectivity index (χ1) is 6.65. The minimum Gasteiger partial charge on any atom is -0.388 e. The van der Waals surface area contributed by atoms with Gasteiger partial charge in [0.2, 0.25) is 0 Å². The van der Waals surface area contributed by atoms with E-state index < -0.39 is 0 Å². The Hall–Kier alpha value is -0.980. The van der Waals surface area contributed by atoms with Gasteiger partial charge in [0.1, 0.15) is 0 Å². The molecular weight excluding hydrogens is 170 g/mol. The van der Waals surface area contributed by atoms with Gasteiger partial charge in [-0.2, -0.15) is 0 Å². The van der Waals surface area contributed by atoms with Gasteiger partial charge < -0.3 is 5.32 Å². The normalized spacial score (nSPS) is 9.36. The molecule has 14 heavy (non-hydrogen) atoms. The van der Waals surface area contributed by atoms with Crippen LogP contribution in [0.5, 0.6) is 0 Å². The summed E-state index contributed by atoms with van der Waals surface area (Å²) in [5, 5.41) is 3.13. The van der Waals surface area contributed by atoms with Gasteiger partial charge in [0.25, 0.3) is 0 Å². The number of benzene rings is 1. The van der Waals surface area contributed by atoms with Gasteiger partial charge in [-0.1, -0.05) is 33.8 Å². The molecule has 0 spiro atoms. The highest BCUT2D eigenvalue weighted by Crippen LogP contribution is 2.21. The molecule has 0 aliphatic rings. The van der Waals surface area contributed by atoms with Crippen molar-refractivity contribution < 1.29 is 0 Å². The van der Waals surface area contributed by atoms with E-state index in [1.807, 2.05) is 20.9 Å². The fraction of sp³-hybridized carbons (Fsp3) is 0.538. The van der Waals surface area contributed by atoms with Gasteiger partial charge in [-0.3, -0.25) is 0 Å². The molecule has 1 heteroatoms. The Morgan fingerprint density at radius 1 is 1.14 bits per heavy atom. The Morgan fingerprint density at radius 3 is 2.07 bits per heavy atom. The molecule has 1 rings (SSSR count). The third-order valence-corrected chi connectivity index (χ3v) is 2.18. The lowest BCUT2D eigenvalue weighted by Gasteiger charge is -2.10. The van der Waals surface area contributed by atoms with Crippen molar-refractivity contribution in [1.29, 1.82) is 0 Å². The SMILES string of the molecule is CC.CNc1ccc(C(C)C)c(C)c1. The van der Waals surface area contributed by atoms with E-state index in [1.165, 1.54) is 16.8 Å². The molecule has 1 nitrogen and oxygen atoms in total. The molecule has 0 aliphatic heterocycles. The lowest BCUT2D eigenvalue weighted by Crippen LogP contribution is -1.94. The summed E-state index contributed by atoms with van der Waals surface area (Å²) in [6.07, 6.45) is 0. The average Bonchev–Trinajstić information content (AvgIpc) is 2.20. The third-order valence-electron chi connectivity index (χ3n) is 2.18. The van der Waals surface area contributed by atoms with E-state index in [9.17, 15) is 0 Å². The van der Waals surface area contributed by atoms with Crippen molar-refractivity contribution in [1.82, 2.24) is 0 Å². The van der Waals surface area contributed by atoms with Crippen LogP contribution in [0.25, 0.3) is 0 Å². The number of rotatable bonds is 2. The standard InChI is InChI=1S/C11H17N.C2H6/c1-8(2)11-6-5-10(12-4)7-9(11)3;1-2/h5-8,12H,1-4H3;1-2H3. The Labute approximate surface area is 88.5 Å². The van der Waals surface area contributed by atoms with Crippen LogP contribution in [0.4, 0.5) is 5.69 Å². The number of aryl methyl sites for hydroxylation is 1. The minimum atomic E-state index is 0.621. The molecule has 0 saturated heterocycles. The van der Waals surface area contributed by atoms with Crippen LogP contribution < -0.4 is 5.32 Å². The first kappa shape index (κ1) is 13.0. The van der Waals surface area contributed by atoms with E-state index in [-0.39, 0.29) is 0 Å². The smallest absolute Gasteiger partial charge is 0.0340 e. The van der Waals surface area contributed by atoms with Crippen molar-refractivity contribution in [2.45, 2.75) is 40.5 Å². The fourth-order valence-electron chi connectivity index (χ4n) is 1.48.